The van der Waals surface area contributed by atoms with Gasteiger partial charge in [0.15, 0.2) is 0 Å². The zero-order valence-electron chi connectivity index (χ0n) is 7.51. The Morgan fingerprint density at radius 1 is 1.50 bits per heavy atom. The van der Waals surface area contributed by atoms with Crippen LogP contribution in [0.1, 0.15) is 32.1 Å². The molecular formula is C9H18N2O. The first kappa shape index (κ1) is 9.52. The number of hydrogen-bond acceptors (Lipinski definition) is 2. The van der Waals surface area contributed by atoms with E-state index in [1.54, 1.807) is 0 Å². The lowest BCUT2D eigenvalue weighted by Crippen LogP contribution is -2.28. The van der Waals surface area contributed by atoms with Crippen LogP contribution in [0.4, 0.5) is 0 Å². The van der Waals surface area contributed by atoms with E-state index in [1.807, 2.05) is 0 Å². The molecule has 1 aliphatic carbocycles. The normalized spacial score (nSPS) is 17.1. The van der Waals surface area contributed by atoms with E-state index in [0.717, 1.165) is 18.9 Å². The number of nitrogens with two attached hydrogens (primary N) is 1. The van der Waals surface area contributed by atoms with Gasteiger partial charge in [0.2, 0.25) is 5.91 Å². The van der Waals surface area contributed by atoms with Gasteiger partial charge in [0.05, 0.1) is 0 Å². The van der Waals surface area contributed by atoms with Gasteiger partial charge in [0, 0.05) is 19.5 Å². The first-order valence-corrected chi connectivity index (χ1v) is 4.79. The maximum absolute atomic E-state index is 10.9. The largest absolute Gasteiger partial charge is 0.356 e. The van der Waals surface area contributed by atoms with Crippen molar-refractivity contribution in [2.45, 2.75) is 32.1 Å². The highest BCUT2D eigenvalue weighted by molar-refractivity contribution is 5.75. The van der Waals surface area contributed by atoms with Crippen LogP contribution in [-0.4, -0.2) is 19.0 Å². The summed E-state index contributed by atoms with van der Waals surface area (Å²) in [6.45, 7) is 1.29. The van der Waals surface area contributed by atoms with Crippen LogP contribution in [0.5, 0.6) is 0 Å². The molecule has 0 aromatic heterocycles. The molecule has 1 aliphatic rings. The van der Waals surface area contributed by atoms with Crippen LogP contribution >= 0.6 is 0 Å². The Balaban J connectivity index is 1.90. The molecule has 0 aromatic carbocycles. The van der Waals surface area contributed by atoms with Gasteiger partial charge in [-0.2, -0.15) is 0 Å². The Morgan fingerprint density at radius 3 is 2.75 bits per heavy atom. The van der Waals surface area contributed by atoms with Gasteiger partial charge >= 0.3 is 0 Å². The van der Waals surface area contributed by atoms with Crippen molar-refractivity contribution >= 4 is 5.91 Å². The molecule has 0 saturated heterocycles. The minimum atomic E-state index is 0.0943. The second-order valence-electron chi connectivity index (χ2n) is 3.47. The summed E-state index contributed by atoms with van der Waals surface area (Å²) in [5.74, 6) is 0.972. The summed E-state index contributed by atoms with van der Waals surface area (Å²) >= 11 is 0. The minimum absolute atomic E-state index is 0.0943. The van der Waals surface area contributed by atoms with Crippen LogP contribution in [0, 0.1) is 5.92 Å². The van der Waals surface area contributed by atoms with E-state index in [9.17, 15) is 4.79 Å². The highest BCUT2D eigenvalue weighted by Crippen LogP contribution is 2.28. The molecule has 70 valence electrons. The number of rotatable bonds is 5. The second kappa shape index (κ2) is 5.14. The van der Waals surface area contributed by atoms with Gasteiger partial charge in [-0.15, -0.1) is 0 Å². The molecule has 12 heavy (non-hydrogen) atoms. The summed E-state index contributed by atoms with van der Waals surface area (Å²) in [6, 6.07) is 0. The molecule has 0 unspecified atom stereocenters. The van der Waals surface area contributed by atoms with Gasteiger partial charge < -0.3 is 11.1 Å². The van der Waals surface area contributed by atoms with Crippen molar-refractivity contribution in [2.24, 2.45) is 11.7 Å². The molecule has 3 nitrogen and oxygen atoms in total. The quantitative estimate of drug-likeness (QED) is 0.636. The monoisotopic (exact) mass is 170 g/mol. The lowest BCUT2D eigenvalue weighted by atomic mass is 9.83. The molecule has 3 N–H and O–H groups in total. The highest BCUT2D eigenvalue weighted by atomic mass is 16.1. The van der Waals surface area contributed by atoms with E-state index in [4.69, 9.17) is 5.73 Å². The summed E-state index contributed by atoms with van der Waals surface area (Å²) in [4.78, 5) is 10.9. The van der Waals surface area contributed by atoms with E-state index in [-0.39, 0.29) is 5.91 Å². The molecule has 1 fully saturated rings. The fourth-order valence-corrected chi connectivity index (χ4v) is 1.42. The van der Waals surface area contributed by atoms with Gasteiger partial charge in [-0.3, -0.25) is 4.79 Å². The molecule has 0 atom stereocenters. The van der Waals surface area contributed by atoms with Crippen LogP contribution < -0.4 is 11.1 Å². The number of amides is 1. The molecule has 3 heteroatoms. The Bertz CT molecular complexity index is 143. The number of carbonyl (C=O) groups is 1. The van der Waals surface area contributed by atoms with Gasteiger partial charge in [0.25, 0.3) is 0 Å². The third-order valence-electron chi connectivity index (χ3n) is 2.47. The third kappa shape index (κ3) is 3.22. The van der Waals surface area contributed by atoms with Crippen molar-refractivity contribution in [1.82, 2.24) is 5.32 Å². The topological polar surface area (TPSA) is 55.1 Å². The average Bonchev–Trinajstić information content (AvgIpc) is 1.95. The van der Waals surface area contributed by atoms with Crippen molar-refractivity contribution in [3.05, 3.63) is 0 Å². The van der Waals surface area contributed by atoms with Crippen LogP contribution in [-0.2, 0) is 4.79 Å². The molecule has 1 rings (SSSR count). The van der Waals surface area contributed by atoms with Crippen molar-refractivity contribution in [2.75, 3.05) is 13.1 Å². The predicted octanol–water partition coefficient (Wildman–Crippen LogP) is 0.642. The van der Waals surface area contributed by atoms with Gasteiger partial charge in [-0.25, -0.2) is 0 Å². The minimum Gasteiger partial charge on any atom is -0.356 e. The first-order valence-electron chi connectivity index (χ1n) is 4.79. The van der Waals surface area contributed by atoms with E-state index in [2.05, 4.69) is 5.32 Å². The Morgan fingerprint density at radius 2 is 2.25 bits per heavy atom. The van der Waals surface area contributed by atoms with Crippen LogP contribution in [0.15, 0.2) is 0 Å². The molecule has 0 spiro atoms. The second-order valence-corrected chi connectivity index (χ2v) is 3.47. The number of carbonyl (C=O) groups excluding carboxylic acids is 1. The van der Waals surface area contributed by atoms with E-state index < -0.39 is 0 Å². The molecule has 0 heterocycles. The summed E-state index contributed by atoms with van der Waals surface area (Å²) in [6.07, 6.45) is 5.70. The summed E-state index contributed by atoms with van der Waals surface area (Å²) in [5.41, 5.74) is 5.24. The van der Waals surface area contributed by atoms with E-state index >= 15 is 0 Å². The summed E-state index contributed by atoms with van der Waals surface area (Å²) in [7, 11) is 0. The molecule has 0 radical (unpaired) electrons. The maximum Gasteiger partial charge on any atom is 0.221 e. The summed E-state index contributed by atoms with van der Waals surface area (Å²) < 4.78 is 0. The van der Waals surface area contributed by atoms with Gasteiger partial charge in [0.1, 0.15) is 0 Å². The zero-order chi connectivity index (χ0) is 8.81. The van der Waals surface area contributed by atoms with Crippen molar-refractivity contribution in [3.8, 4) is 0 Å². The molecule has 1 amide bonds. The van der Waals surface area contributed by atoms with E-state index in [1.165, 1.54) is 19.3 Å². The van der Waals surface area contributed by atoms with Gasteiger partial charge in [-0.1, -0.05) is 19.3 Å². The molecular weight excluding hydrogens is 152 g/mol. The first-order chi connectivity index (χ1) is 5.83. The lowest BCUT2D eigenvalue weighted by molar-refractivity contribution is -0.120. The molecule has 0 aliphatic heterocycles. The van der Waals surface area contributed by atoms with Crippen LogP contribution in [0.3, 0.4) is 0 Å². The SMILES string of the molecule is NCCC(=O)NCCC1CCC1. The molecule has 0 bridgehead atoms. The van der Waals surface area contributed by atoms with Crippen molar-refractivity contribution in [3.63, 3.8) is 0 Å². The lowest BCUT2D eigenvalue weighted by Gasteiger charge is -2.25. The van der Waals surface area contributed by atoms with Crippen molar-refractivity contribution < 1.29 is 4.79 Å². The Hall–Kier alpha value is -0.570. The standard InChI is InChI=1S/C9H18N2O/c10-6-4-9(12)11-7-5-8-2-1-3-8/h8H,1-7,10H2,(H,11,12). The van der Waals surface area contributed by atoms with Crippen LogP contribution in [0.25, 0.3) is 0 Å². The summed E-state index contributed by atoms with van der Waals surface area (Å²) in [5, 5.41) is 2.86. The fourth-order valence-electron chi connectivity index (χ4n) is 1.42. The molecule has 0 aromatic rings. The zero-order valence-corrected chi connectivity index (χ0v) is 7.51. The Kier molecular flexibility index (Phi) is 4.08. The predicted molar refractivity (Wildman–Crippen MR) is 48.6 cm³/mol. The van der Waals surface area contributed by atoms with Crippen molar-refractivity contribution in [1.29, 1.82) is 0 Å². The smallest absolute Gasteiger partial charge is 0.221 e. The average molecular weight is 170 g/mol. The van der Waals surface area contributed by atoms with E-state index in [0.29, 0.717) is 13.0 Å². The van der Waals surface area contributed by atoms with Gasteiger partial charge in [-0.05, 0) is 12.3 Å². The third-order valence-corrected chi connectivity index (χ3v) is 2.47. The number of nitrogens with one attached hydrogen (secondary N) is 1. The highest BCUT2D eigenvalue weighted by Gasteiger charge is 2.16. The molecule has 1 saturated carbocycles. The Labute approximate surface area is 73.7 Å². The number of hydrogen-bond donors (Lipinski definition) is 2. The fraction of sp³-hybridized carbons (Fsp3) is 0.889. The van der Waals surface area contributed by atoms with Crippen LogP contribution in [0.2, 0.25) is 0 Å². The maximum atomic E-state index is 10.9.